The fraction of sp³-hybridized carbons (Fsp3) is 0.611. The Balaban J connectivity index is 1.45. The number of amides is 1. The van der Waals surface area contributed by atoms with Crippen LogP contribution in [0.25, 0.3) is 0 Å². The van der Waals surface area contributed by atoms with Crippen LogP contribution in [0.1, 0.15) is 18.4 Å². The lowest BCUT2D eigenvalue weighted by Gasteiger charge is -2.36. The Labute approximate surface area is 143 Å². The standard InChI is InChI=1S/C18H25ClN2O2/c19-17-4-2-1-3-16(17)13-18(22)21-7-5-15(6-8-21)14-20-9-11-23-12-10-20/h1-4,15H,5-14H2. The molecular formula is C18H25ClN2O2. The van der Waals surface area contributed by atoms with Crippen LogP contribution in [-0.4, -0.2) is 61.6 Å². The number of likely N-dealkylation sites (tertiary alicyclic amines) is 1. The zero-order valence-corrected chi connectivity index (χ0v) is 14.3. The van der Waals surface area contributed by atoms with Gasteiger partial charge in [-0.2, -0.15) is 0 Å². The largest absolute Gasteiger partial charge is 0.379 e. The molecule has 126 valence electrons. The average molecular weight is 337 g/mol. The molecule has 0 aromatic heterocycles. The van der Waals surface area contributed by atoms with Gasteiger partial charge in [-0.3, -0.25) is 9.69 Å². The lowest BCUT2D eigenvalue weighted by molar-refractivity contribution is -0.132. The van der Waals surface area contributed by atoms with Gasteiger partial charge in [0.05, 0.1) is 19.6 Å². The van der Waals surface area contributed by atoms with Crippen molar-refractivity contribution in [1.82, 2.24) is 9.80 Å². The molecule has 2 heterocycles. The predicted octanol–water partition coefficient (Wildman–Crippen LogP) is 2.45. The van der Waals surface area contributed by atoms with Crippen molar-refractivity contribution in [2.24, 2.45) is 5.92 Å². The number of ether oxygens (including phenoxy) is 1. The molecule has 2 aliphatic heterocycles. The van der Waals surface area contributed by atoms with Crippen LogP contribution >= 0.6 is 11.6 Å². The van der Waals surface area contributed by atoms with Crippen molar-refractivity contribution in [3.8, 4) is 0 Å². The van der Waals surface area contributed by atoms with E-state index in [1.807, 2.05) is 29.2 Å². The van der Waals surface area contributed by atoms with Crippen LogP contribution in [-0.2, 0) is 16.0 Å². The zero-order chi connectivity index (χ0) is 16.1. The van der Waals surface area contributed by atoms with E-state index in [2.05, 4.69) is 4.90 Å². The maximum absolute atomic E-state index is 12.5. The summed E-state index contributed by atoms with van der Waals surface area (Å²) in [5.41, 5.74) is 0.926. The maximum atomic E-state index is 12.5. The Morgan fingerprint density at radius 3 is 2.52 bits per heavy atom. The van der Waals surface area contributed by atoms with Crippen molar-refractivity contribution in [2.75, 3.05) is 45.9 Å². The molecule has 0 radical (unpaired) electrons. The Bertz CT molecular complexity index is 524. The normalized spacial score (nSPS) is 20.7. The van der Waals surface area contributed by atoms with Crippen molar-refractivity contribution in [3.05, 3.63) is 34.9 Å². The second-order valence-electron chi connectivity index (χ2n) is 6.51. The van der Waals surface area contributed by atoms with Gasteiger partial charge in [0, 0.05) is 37.7 Å². The van der Waals surface area contributed by atoms with Crippen molar-refractivity contribution >= 4 is 17.5 Å². The summed E-state index contributed by atoms with van der Waals surface area (Å²) in [5, 5.41) is 0.683. The van der Waals surface area contributed by atoms with Crippen molar-refractivity contribution in [2.45, 2.75) is 19.3 Å². The topological polar surface area (TPSA) is 32.8 Å². The monoisotopic (exact) mass is 336 g/mol. The molecule has 2 aliphatic rings. The van der Waals surface area contributed by atoms with E-state index in [-0.39, 0.29) is 5.91 Å². The number of halogens is 1. The molecule has 1 aromatic carbocycles. The summed E-state index contributed by atoms with van der Waals surface area (Å²) in [7, 11) is 0. The van der Waals surface area contributed by atoms with Crippen molar-refractivity contribution in [1.29, 1.82) is 0 Å². The molecule has 23 heavy (non-hydrogen) atoms. The maximum Gasteiger partial charge on any atom is 0.227 e. The van der Waals surface area contributed by atoms with E-state index in [1.165, 1.54) is 0 Å². The number of carbonyl (C=O) groups is 1. The van der Waals surface area contributed by atoms with Gasteiger partial charge in [0.1, 0.15) is 0 Å². The van der Waals surface area contributed by atoms with Crippen LogP contribution in [0, 0.1) is 5.92 Å². The molecule has 0 atom stereocenters. The highest BCUT2D eigenvalue weighted by molar-refractivity contribution is 6.31. The molecule has 2 fully saturated rings. The third-order valence-corrected chi connectivity index (χ3v) is 5.26. The van der Waals surface area contributed by atoms with Gasteiger partial charge in [0.2, 0.25) is 5.91 Å². The van der Waals surface area contributed by atoms with E-state index in [0.717, 1.165) is 64.3 Å². The molecular weight excluding hydrogens is 312 g/mol. The molecule has 0 unspecified atom stereocenters. The Hall–Kier alpha value is -1.10. The number of piperidine rings is 1. The van der Waals surface area contributed by atoms with Gasteiger partial charge in [-0.15, -0.1) is 0 Å². The van der Waals surface area contributed by atoms with E-state index >= 15 is 0 Å². The third kappa shape index (κ3) is 4.69. The second kappa shape index (κ2) is 8.13. The summed E-state index contributed by atoms with van der Waals surface area (Å²) < 4.78 is 5.40. The first-order valence-corrected chi connectivity index (χ1v) is 8.91. The molecule has 0 spiro atoms. The van der Waals surface area contributed by atoms with Crippen LogP contribution < -0.4 is 0 Å². The first kappa shape index (κ1) is 16.7. The molecule has 2 saturated heterocycles. The molecule has 0 aliphatic carbocycles. The summed E-state index contributed by atoms with van der Waals surface area (Å²) in [6.45, 7) is 6.70. The van der Waals surface area contributed by atoms with E-state index < -0.39 is 0 Å². The minimum atomic E-state index is 0.197. The minimum Gasteiger partial charge on any atom is -0.379 e. The van der Waals surface area contributed by atoms with Gasteiger partial charge in [-0.05, 0) is 30.4 Å². The highest BCUT2D eigenvalue weighted by atomic mass is 35.5. The first-order chi connectivity index (χ1) is 11.2. The zero-order valence-electron chi connectivity index (χ0n) is 13.5. The third-order valence-electron chi connectivity index (χ3n) is 4.89. The quantitative estimate of drug-likeness (QED) is 0.846. The molecule has 0 bridgehead atoms. The van der Waals surface area contributed by atoms with E-state index in [1.54, 1.807) is 0 Å². The lowest BCUT2D eigenvalue weighted by Crippen LogP contribution is -2.44. The van der Waals surface area contributed by atoms with Crippen LogP contribution in [0.3, 0.4) is 0 Å². The van der Waals surface area contributed by atoms with Crippen molar-refractivity contribution in [3.63, 3.8) is 0 Å². The predicted molar refractivity (Wildman–Crippen MR) is 91.7 cm³/mol. The lowest BCUT2D eigenvalue weighted by atomic mass is 9.95. The summed E-state index contributed by atoms with van der Waals surface area (Å²) in [4.78, 5) is 17.0. The number of hydrogen-bond acceptors (Lipinski definition) is 3. The van der Waals surface area contributed by atoms with Gasteiger partial charge < -0.3 is 9.64 Å². The van der Waals surface area contributed by atoms with Crippen molar-refractivity contribution < 1.29 is 9.53 Å². The smallest absolute Gasteiger partial charge is 0.227 e. The fourth-order valence-electron chi connectivity index (χ4n) is 3.43. The highest BCUT2D eigenvalue weighted by Gasteiger charge is 2.25. The number of morpholine rings is 1. The Morgan fingerprint density at radius 1 is 1.13 bits per heavy atom. The Kier molecular flexibility index (Phi) is 5.92. The number of benzene rings is 1. The molecule has 1 aromatic rings. The Morgan fingerprint density at radius 2 is 1.83 bits per heavy atom. The molecule has 0 saturated carbocycles. The SMILES string of the molecule is O=C(Cc1ccccc1Cl)N1CCC(CN2CCOCC2)CC1. The highest BCUT2D eigenvalue weighted by Crippen LogP contribution is 2.21. The van der Waals surface area contributed by atoms with E-state index in [9.17, 15) is 4.79 Å². The molecule has 4 nitrogen and oxygen atoms in total. The summed E-state index contributed by atoms with van der Waals surface area (Å²) in [6.07, 6.45) is 2.62. The number of carbonyl (C=O) groups excluding carboxylic acids is 1. The second-order valence-corrected chi connectivity index (χ2v) is 6.91. The van der Waals surface area contributed by atoms with Crippen LogP contribution in [0.15, 0.2) is 24.3 Å². The molecule has 5 heteroatoms. The summed E-state index contributed by atoms with van der Waals surface area (Å²) in [6, 6.07) is 7.61. The summed E-state index contributed by atoms with van der Waals surface area (Å²) >= 11 is 6.15. The average Bonchev–Trinajstić information content (AvgIpc) is 2.58. The van der Waals surface area contributed by atoms with E-state index in [0.29, 0.717) is 17.4 Å². The van der Waals surface area contributed by atoms with Gasteiger partial charge in [0.25, 0.3) is 0 Å². The molecule has 0 N–H and O–H groups in total. The number of nitrogens with zero attached hydrogens (tertiary/aromatic N) is 2. The van der Waals surface area contributed by atoms with Crippen LogP contribution in [0.4, 0.5) is 0 Å². The molecule has 1 amide bonds. The number of rotatable bonds is 4. The summed E-state index contributed by atoms with van der Waals surface area (Å²) in [5.74, 6) is 0.903. The van der Waals surface area contributed by atoms with E-state index in [4.69, 9.17) is 16.3 Å². The van der Waals surface area contributed by atoms with Crippen LogP contribution in [0.2, 0.25) is 5.02 Å². The van der Waals surface area contributed by atoms with Gasteiger partial charge >= 0.3 is 0 Å². The first-order valence-electron chi connectivity index (χ1n) is 8.53. The molecule has 3 rings (SSSR count). The minimum absolute atomic E-state index is 0.197. The number of hydrogen-bond donors (Lipinski definition) is 0. The van der Waals surface area contributed by atoms with Gasteiger partial charge in [0.15, 0.2) is 0 Å². The van der Waals surface area contributed by atoms with Crippen LogP contribution in [0.5, 0.6) is 0 Å². The fourth-order valence-corrected chi connectivity index (χ4v) is 3.63. The van der Waals surface area contributed by atoms with Gasteiger partial charge in [-0.1, -0.05) is 29.8 Å². The van der Waals surface area contributed by atoms with Gasteiger partial charge in [-0.25, -0.2) is 0 Å².